The van der Waals surface area contributed by atoms with Crippen molar-refractivity contribution in [1.29, 1.82) is 0 Å². The predicted octanol–water partition coefficient (Wildman–Crippen LogP) is 5.66. The SMILES string of the molecule is CCCCC(CC)C(c1c(O)c2ccccc2oc1=O)c1c(O)c2ccccc2oc1=O. The van der Waals surface area contributed by atoms with E-state index in [9.17, 15) is 19.8 Å². The molecule has 1 unspecified atom stereocenters. The Bertz CT molecular complexity index is 1280. The molecule has 0 bridgehead atoms. The fraction of sp³-hybridized carbons (Fsp3) is 0.308. The predicted molar refractivity (Wildman–Crippen MR) is 123 cm³/mol. The Hall–Kier alpha value is -3.54. The topological polar surface area (TPSA) is 101 Å². The summed E-state index contributed by atoms with van der Waals surface area (Å²) < 4.78 is 11.0. The third-order valence-corrected chi connectivity index (χ3v) is 6.19. The lowest BCUT2D eigenvalue weighted by molar-refractivity contribution is 0.360. The third-order valence-electron chi connectivity index (χ3n) is 6.19. The Labute approximate surface area is 184 Å². The molecule has 0 saturated heterocycles. The first-order valence-corrected chi connectivity index (χ1v) is 11.0. The van der Waals surface area contributed by atoms with Gasteiger partial charge in [0.2, 0.25) is 0 Å². The van der Waals surface area contributed by atoms with Crippen LogP contribution in [0.4, 0.5) is 0 Å². The Morgan fingerprint density at radius 2 is 1.25 bits per heavy atom. The lowest BCUT2D eigenvalue weighted by Gasteiger charge is -2.27. The van der Waals surface area contributed by atoms with Crippen molar-refractivity contribution in [3.05, 3.63) is 80.5 Å². The summed E-state index contributed by atoms with van der Waals surface area (Å²) in [7, 11) is 0. The molecule has 0 aliphatic carbocycles. The monoisotopic (exact) mass is 434 g/mol. The molecule has 4 rings (SSSR count). The zero-order chi connectivity index (χ0) is 22.8. The van der Waals surface area contributed by atoms with Crippen molar-refractivity contribution in [3.63, 3.8) is 0 Å². The first kappa shape index (κ1) is 21.7. The highest BCUT2D eigenvalue weighted by Gasteiger charge is 2.35. The normalized spacial score (nSPS) is 12.6. The van der Waals surface area contributed by atoms with Gasteiger partial charge in [-0.2, -0.15) is 0 Å². The summed E-state index contributed by atoms with van der Waals surface area (Å²) in [5.74, 6) is -1.54. The van der Waals surface area contributed by atoms with Crippen LogP contribution in [0.15, 0.2) is 67.0 Å². The number of hydrogen-bond acceptors (Lipinski definition) is 6. The second-order valence-corrected chi connectivity index (χ2v) is 8.08. The average molecular weight is 434 g/mol. The van der Waals surface area contributed by atoms with E-state index in [1.807, 2.05) is 6.92 Å². The fourth-order valence-electron chi connectivity index (χ4n) is 4.53. The molecule has 2 aromatic carbocycles. The number of benzene rings is 2. The smallest absolute Gasteiger partial charge is 0.343 e. The molecule has 32 heavy (non-hydrogen) atoms. The van der Waals surface area contributed by atoms with Gasteiger partial charge in [0, 0.05) is 5.92 Å². The molecule has 6 heteroatoms. The number of para-hydroxylation sites is 2. The molecule has 2 N–H and O–H groups in total. The summed E-state index contributed by atoms with van der Waals surface area (Å²) in [5.41, 5.74) is -0.988. The van der Waals surface area contributed by atoms with Gasteiger partial charge in [-0.3, -0.25) is 0 Å². The molecule has 2 heterocycles. The van der Waals surface area contributed by atoms with Crippen LogP contribution < -0.4 is 11.3 Å². The number of rotatable bonds is 7. The molecule has 6 nitrogen and oxygen atoms in total. The molecule has 0 aliphatic rings. The minimum atomic E-state index is -0.881. The van der Waals surface area contributed by atoms with Crippen LogP contribution in [0.25, 0.3) is 21.9 Å². The van der Waals surface area contributed by atoms with Gasteiger partial charge in [-0.1, -0.05) is 57.4 Å². The molecule has 0 fully saturated rings. The fourth-order valence-corrected chi connectivity index (χ4v) is 4.53. The molecule has 1 atom stereocenters. The standard InChI is InChI=1S/C26H26O6/c1-3-5-10-15(4-2)20(21-23(27)16-11-6-8-13-18(16)31-25(21)29)22-24(28)17-12-7-9-14-19(17)32-26(22)30/h6-9,11-15,20,27-28H,3-5,10H2,1-2H3. The van der Waals surface area contributed by atoms with E-state index in [0.29, 0.717) is 23.6 Å². The molecule has 4 aromatic rings. The summed E-state index contributed by atoms with van der Waals surface area (Å²) in [6.07, 6.45) is 3.13. The summed E-state index contributed by atoms with van der Waals surface area (Å²) in [4.78, 5) is 26.2. The maximum absolute atomic E-state index is 13.1. The van der Waals surface area contributed by atoms with Crippen molar-refractivity contribution >= 4 is 21.9 Å². The van der Waals surface area contributed by atoms with Gasteiger partial charge < -0.3 is 19.0 Å². The molecule has 166 valence electrons. The maximum atomic E-state index is 13.1. The van der Waals surface area contributed by atoms with Crippen LogP contribution in [0.5, 0.6) is 11.5 Å². The maximum Gasteiger partial charge on any atom is 0.343 e. The van der Waals surface area contributed by atoms with E-state index in [1.54, 1.807) is 48.5 Å². The number of hydrogen-bond donors (Lipinski definition) is 2. The lowest BCUT2D eigenvalue weighted by atomic mass is 9.77. The molecule has 0 saturated carbocycles. The third kappa shape index (κ3) is 3.66. The van der Waals surface area contributed by atoms with E-state index in [1.165, 1.54) is 0 Å². The van der Waals surface area contributed by atoms with Crippen LogP contribution in [-0.4, -0.2) is 10.2 Å². The molecule has 0 amide bonds. The first-order chi connectivity index (χ1) is 15.5. The first-order valence-electron chi connectivity index (χ1n) is 11.0. The Kier molecular flexibility index (Phi) is 6.04. The van der Waals surface area contributed by atoms with Crippen LogP contribution in [0.1, 0.15) is 56.6 Å². The van der Waals surface area contributed by atoms with E-state index >= 15 is 0 Å². The summed E-state index contributed by atoms with van der Waals surface area (Å²) in [6, 6.07) is 13.4. The summed E-state index contributed by atoms with van der Waals surface area (Å²) in [6.45, 7) is 4.03. The van der Waals surface area contributed by atoms with Crippen LogP contribution in [-0.2, 0) is 0 Å². The van der Waals surface area contributed by atoms with Crippen molar-refractivity contribution in [2.45, 2.75) is 45.4 Å². The quantitative estimate of drug-likeness (QED) is 0.364. The van der Waals surface area contributed by atoms with Gasteiger partial charge >= 0.3 is 11.3 Å². The highest BCUT2D eigenvalue weighted by atomic mass is 16.4. The molecule has 0 spiro atoms. The molecule has 2 aromatic heterocycles. The Morgan fingerprint density at radius 1 is 0.781 bits per heavy atom. The number of fused-ring (bicyclic) bond motifs is 2. The molecular weight excluding hydrogens is 408 g/mol. The second kappa shape index (κ2) is 8.91. The zero-order valence-corrected chi connectivity index (χ0v) is 18.1. The van der Waals surface area contributed by atoms with Crippen molar-refractivity contribution < 1.29 is 19.0 Å². The largest absolute Gasteiger partial charge is 0.507 e. The van der Waals surface area contributed by atoms with Gasteiger partial charge in [-0.25, -0.2) is 9.59 Å². The molecule has 0 radical (unpaired) electrons. The van der Waals surface area contributed by atoms with Crippen molar-refractivity contribution in [1.82, 2.24) is 0 Å². The lowest BCUT2D eigenvalue weighted by Crippen LogP contribution is -2.26. The Morgan fingerprint density at radius 3 is 1.69 bits per heavy atom. The second-order valence-electron chi connectivity index (χ2n) is 8.08. The average Bonchev–Trinajstić information content (AvgIpc) is 2.79. The minimum absolute atomic E-state index is 0.0236. The van der Waals surface area contributed by atoms with Crippen LogP contribution >= 0.6 is 0 Å². The van der Waals surface area contributed by atoms with E-state index in [2.05, 4.69) is 6.92 Å². The van der Waals surface area contributed by atoms with Gasteiger partial charge in [0.1, 0.15) is 22.7 Å². The molecule has 0 aliphatic heterocycles. The van der Waals surface area contributed by atoms with Crippen molar-refractivity contribution in [3.8, 4) is 11.5 Å². The Balaban J connectivity index is 2.07. The van der Waals surface area contributed by atoms with Gasteiger partial charge in [0.05, 0.1) is 21.9 Å². The van der Waals surface area contributed by atoms with Gasteiger partial charge in [-0.05, 0) is 36.6 Å². The summed E-state index contributed by atoms with van der Waals surface area (Å²) in [5, 5.41) is 23.1. The minimum Gasteiger partial charge on any atom is -0.507 e. The van der Waals surface area contributed by atoms with Crippen molar-refractivity contribution in [2.75, 3.05) is 0 Å². The van der Waals surface area contributed by atoms with E-state index in [4.69, 9.17) is 8.83 Å². The van der Waals surface area contributed by atoms with E-state index in [-0.39, 0.29) is 39.7 Å². The van der Waals surface area contributed by atoms with E-state index < -0.39 is 17.2 Å². The zero-order valence-electron chi connectivity index (χ0n) is 18.1. The summed E-state index contributed by atoms with van der Waals surface area (Å²) >= 11 is 0. The van der Waals surface area contributed by atoms with Crippen LogP contribution in [0.2, 0.25) is 0 Å². The van der Waals surface area contributed by atoms with Crippen molar-refractivity contribution in [2.24, 2.45) is 5.92 Å². The van der Waals surface area contributed by atoms with E-state index in [0.717, 1.165) is 12.8 Å². The van der Waals surface area contributed by atoms with Gasteiger partial charge in [0.15, 0.2) is 0 Å². The highest BCUT2D eigenvalue weighted by Crippen LogP contribution is 2.44. The number of unbranched alkanes of at least 4 members (excludes halogenated alkanes) is 1. The highest BCUT2D eigenvalue weighted by molar-refractivity contribution is 5.86. The molecular formula is C26H26O6. The van der Waals surface area contributed by atoms with Crippen LogP contribution in [0, 0.1) is 5.92 Å². The van der Waals surface area contributed by atoms with Crippen LogP contribution in [0.3, 0.4) is 0 Å². The van der Waals surface area contributed by atoms with Gasteiger partial charge in [0.25, 0.3) is 0 Å². The van der Waals surface area contributed by atoms with Gasteiger partial charge in [-0.15, -0.1) is 0 Å². The number of aromatic hydroxyl groups is 2.